The standard InChI is InChI=1S/C18H37NO.C2H8N2.3C2H4O2/c1-2-3-4-5-6-7-8-9-10-11-12-13-14-15-16-17-18(19)20;3-1-2-4;3*1-2(3)4/h2-17H2,1H3,(H2,19,20);1-4H2;3*1H3,(H,3,4). The number of hydrogen-bond donors (Lipinski definition) is 6. The lowest BCUT2D eigenvalue weighted by Crippen LogP contribution is -2.11. The first kappa shape index (κ1) is 43.8. The molecule has 0 aliphatic rings. The first-order valence-electron chi connectivity index (χ1n) is 13.2. The summed E-state index contributed by atoms with van der Waals surface area (Å²) in [5, 5.41) is 22.2. The van der Waals surface area contributed by atoms with Gasteiger partial charge in [0.05, 0.1) is 0 Å². The third kappa shape index (κ3) is 121. The van der Waals surface area contributed by atoms with Crippen LogP contribution in [0.15, 0.2) is 0 Å². The zero-order valence-electron chi connectivity index (χ0n) is 23.4. The van der Waals surface area contributed by atoms with Gasteiger partial charge in [0.1, 0.15) is 0 Å². The molecular weight excluding hydrogens is 466 g/mol. The number of aliphatic carboxylic acids is 3. The lowest BCUT2D eigenvalue weighted by atomic mass is 10.0. The van der Waals surface area contributed by atoms with Crippen molar-refractivity contribution < 1.29 is 34.5 Å². The molecule has 9 N–H and O–H groups in total. The van der Waals surface area contributed by atoms with E-state index >= 15 is 0 Å². The average molecular weight is 524 g/mol. The molecule has 0 atom stereocenters. The van der Waals surface area contributed by atoms with Crippen LogP contribution < -0.4 is 17.2 Å². The van der Waals surface area contributed by atoms with E-state index in [9.17, 15) is 4.79 Å². The first-order valence-corrected chi connectivity index (χ1v) is 13.2. The van der Waals surface area contributed by atoms with Crippen molar-refractivity contribution in [3.63, 3.8) is 0 Å². The second kappa shape index (κ2) is 42.9. The summed E-state index contributed by atoms with van der Waals surface area (Å²) in [7, 11) is 0. The smallest absolute Gasteiger partial charge is 0.300 e. The van der Waals surface area contributed by atoms with Gasteiger partial charge >= 0.3 is 0 Å². The average Bonchev–Trinajstić information content (AvgIpc) is 2.75. The molecule has 1 amide bonds. The summed E-state index contributed by atoms with van der Waals surface area (Å²) in [5.41, 5.74) is 14.9. The molecule has 0 spiro atoms. The molecule has 0 aliphatic carbocycles. The molecule has 0 fully saturated rings. The minimum Gasteiger partial charge on any atom is -0.481 e. The Morgan fingerprint density at radius 3 is 0.861 bits per heavy atom. The summed E-state index contributed by atoms with van der Waals surface area (Å²) < 4.78 is 0. The molecule has 0 bridgehead atoms. The van der Waals surface area contributed by atoms with Crippen LogP contribution in [0.4, 0.5) is 0 Å². The zero-order valence-corrected chi connectivity index (χ0v) is 23.4. The summed E-state index contributed by atoms with van der Waals surface area (Å²) in [6.45, 7) is 6.72. The van der Waals surface area contributed by atoms with Crippen LogP contribution in [-0.2, 0) is 19.2 Å². The number of carboxylic acid groups (broad SMARTS) is 3. The van der Waals surface area contributed by atoms with E-state index in [2.05, 4.69) is 6.92 Å². The van der Waals surface area contributed by atoms with Crippen molar-refractivity contribution in [3.8, 4) is 0 Å². The van der Waals surface area contributed by atoms with E-state index in [4.69, 9.17) is 46.9 Å². The molecule has 0 aliphatic heterocycles. The molecule has 0 heterocycles. The van der Waals surface area contributed by atoms with Gasteiger partial charge in [0.25, 0.3) is 17.9 Å². The largest absolute Gasteiger partial charge is 0.481 e. The summed E-state index contributed by atoms with van der Waals surface area (Å²) >= 11 is 0. The lowest BCUT2D eigenvalue weighted by molar-refractivity contribution is -0.135. The normalized spacial score (nSPS) is 8.94. The van der Waals surface area contributed by atoms with Crippen molar-refractivity contribution in [3.05, 3.63) is 0 Å². The fraction of sp³-hybridized carbons (Fsp3) is 0.846. The van der Waals surface area contributed by atoms with E-state index in [-0.39, 0.29) is 5.91 Å². The van der Waals surface area contributed by atoms with Gasteiger partial charge in [0.15, 0.2) is 0 Å². The van der Waals surface area contributed by atoms with Gasteiger partial charge in [-0.1, -0.05) is 96.8 Å². The highest BCUT2D eigenvalue weighted by atomic mass is 16.4. The van der Waals surface area contributed by atoms with Crippen molar-refractivity contribution >= 4 is 23.8 Å². The van der Waals surface area contributed by atoms with E-state index < -0.39 is 17.9 Å². The molecule has 0 unspecified atom stereocenters. The molecule has 10 heteroatoms. The van der Waals surface area contributed by atoms with Gasteiger partial charge in [-0.15, -0.1) is 0 Å². The number of hydrogen-bond acceptors (Lipinski definition) is 6. The van der Waals surface area contributed by atoms with Crippen molar-refractivity contribution in [1.82, 2.24) is 0 Å². The Hall–Kier alpha value is -2.20. The number of rotatable bonds is 17. The van der Waals surface area contributed by atoms with E-state index in [0.29, 0.717) is 19.5 Å². The maximum absolute atomic E-state index is 10.6. The van der Waals surface area contributed by atoms with Gasteiger partial charge < -0.3 is 32.5 Å². The molecule has 0 saturated carbocycles. The summed E-state index contributed by atoms with van der Waals surface area (Å²) in [4.78, 5) is 37.6. The summed E-state index contributed by atoms with van der Waals surface area (Å²) in [5.74, 6) is -2.65. The first-order chi connectivity index (χ1) is 16.9. The highest BCUT2D eigenvalue weighted by Gasteiger charge is 1.96. The Labute approximate surface area is 219 Å². The highest BCUT2D eigenvalue weighted by molar-refractivity contribution is 5.73. The van der Waals surface area contributed by atoms with E-state index in [1.54, 1.807) is 0 Å². The minimum absolute atomic E-state index is 0.153. The summed E-state index contributed by atoms with van der Waals surface area (Å²) in [6.07, 6.45) is 20.9. The van der Waals surface area contributed by atoms with Crippen LogP contribution in [0.5, 0.6) is 0 Å². The van der Waals surface area contributed by atoms with Crippen LogP contribution >= 0.6 is 0 Å². The van der Waals surface area contributed by atoms with Crippen LogP contribution in [0.2, 0.25) is 0 Å². The predicted molar refractivity (Wildman–Crippen MR) is 147 cm³/mol. The second-order valence-electron chi connectivity index (χ2n) is 8.30. The van der Waals surface area contributed by atoms with Crippen LogP contribution in [-0.4, -0.2) is 52.2 Å². The molecule has 0 radical (unpaired) electrons. The number of amides is 1. The van der Waals surface area contributed by atoms with Crippen molar-refractivity contribution in [1.29, 1.82) is 0 Å². The maximum Gasteiger partial charge on any atom is 0.300 e. The van der Waals surface area contributed by atoms with Gasteiger partial charge in [-0.2, -0.15) is 0 Å². The fourth-order valence-corrected chi connectivity index (χ4v) is 2.67. The number of carboxylic acids is 3. The number of unbranched alkanes of at least 4 members (excludes halogenated alkanes) is 14. The fourth-order valence-electron chi connectivity index (χ4n) is 2.67. The Morgan fingerprint density at radius 1 is 0.500 bits per heavy atom. The van der Waals surface area contributed by atoms with Gasteiger partial charge in [-0.25, -0.2) is 0 Å². The molecular formula is C26H57N3O7. The quantitative estimate of drug-likeness (QED) is 0.143. The van der Waals surface area contributed by atoms with Crippen LogP contribution in [0.3, 0.4) is 0 Å². The lowest BCUT2D eigenvalue weighted by Gasteiger charge is -2.03. The Kier molecular flexibility index (Phi) is 52.3. The number of nitrogens with two attached hydrogens (primary N) is 3. The van der Waals surface area contributed by atoms with Crippen molar-refractivity contribution in [2.24, 2.45) is 17.2 Å². The van der Waals surface area contributed by atoms with E-state index in [0.717, 1.165) is 27.2 Å². The number of primary amides is 1. The van der Waals surface area contributed by atoms with Crippen LogP contribution in [0.25, 0.3) is 0 Å². The molecule has 0 rings (SSSR count). The monoisotopic (exact) mass is 523 g/mol. The van der Waals surface area contributed by atoms with Crippen LogP contribution in [0, 0.1) is 0 Å². The molecule has 0 aromatic carbocycles. The maximum atomic E-state index is 10.6. The van der Waals surface area contributed by atoms with Crippen molar-refractivity contribution in [2.75, 3.05) is 13.1 Å². The molecule has 218 valence electrons. The number of carbonyl (C=O) groups is 4. The van der Waals surface area contributed by atoms with Gasteiger partial charge in [-0.05, 0) is 6.42 Å². The highest BCUT2D eigenvalue weighted by Crippen LogP contribution is 2.13. The van der Waals surface area contributed by atoms with E-state index in [1.807, 2.05) is 0 Å². The van der Waals surface area contributed by atoms with Crippen molar-refractivity contribution in [2.45, 2.75) is 130 Å². The topological polar surface area (TPSA) is 207 Å². The zero-order chi connectivity index (χ0) is 29.0. The van der Waals surface area contributed by atoms with Gasteiger partial charge in [0.2, 0.25) is 5.91 Å². The number of carbonyl (C=O) groups excluding carboxylic acids is 1. The summed E-state index contributed by atoms with van der Waals surface area (Å²) in [6, 6.07) is 0. The SMILES string of the molecule is CC(=O)O.CC(=O)O.CC(=O)O.CCCCCCCCCCCCCCCCCC(N)=O.NCCN. The minimum atomic E-state index is -0.833. The molecule has 0 aromatic heterocycles. The Morgan fingerprint density at radius 2 is 0.694 bits per heavy atom. The Balaban J connectivity index is -0.000000161. The Bertz CT molecular complexity index is 434. The third-order valence-electron chi connectivity index (χ3n) is 4.19. The predicted octanol–water partition coefficient (Wildman–Crippen LogP) is 4.91. The second-order valence-corrected chi connectivity index (χ2v) is 8.30. The molecule has 36 heavy (non-hydrogen) atoms. The molecule has 0 saturated heterocycles. The van der Waals surface area contributed by atoms with Gasteiger partial charge in [0, 0.05) is 40.3 Å². The molecule has 0 aromatic rings. The third-order valence-corrected chi connectivity index (χ3v) is 4.19. The van der Waals surface area contributed by atoms with Gasteiger partial charge in [-0.3, -0.25) is 19.2 Å². The molecule has 10 nitrogen and oxygen atoms in total. The van der Waals surface area contributed by atoms with E-state index in [1.165, 1.54) is 89.9 Å². The van der Waals surface area contributed by atoms with Crippen LogP contribution in [0.1, 0.15) is 130 Å².